The van der Waals surface area contributed by atoms with Gasteiger partial charge < -0.3 is 0 Å². The first-order valence-electron chi connectivity index (χ1n) is 6.18. The van der Waals surface area contributed by atoms with Crippen molar-refractivity contribution in [3.05, 3.63) is 59.7 Å². The van der Waals surface area contributed by atoms with Gasteiger partial charge in [-0.05, 0) is 38.1 Å². The van der Waals surface area contributed by atoms with Gasteiger partial charge in [-0.1, -0.05) is 35.4 Å². The van der Waals surface area contributed by atoms with Crippen molar-refractivity contribution in [3.8, 4) is 0 Å². The summed E-state index contributed by atoms with van der Waals surface area (Å²) in [4.78, 5) is 0. The largest absolute Gasteiger partial charge is 0.289 e. The molecule has 0 radical (unpaired) electrons. The molecule has 0 N–H and O–H groups in total. The predicted octanol–water partition coefficient (Wildman–Crippen LogP) is 3.79. The number of rotatable bonds is 3. The van der Waals surface area contributed by atoms with Gasteiger partial charge in [0.1, 0.15) is 0 Å². The van der Waals surface area contributed by atoms with Crippen molar-refractivity contribution >= 4 is 11.4 Å². The van der Waals surface area contributed by atoms with E-state index in [1.165, 1.54) is 22.5 Å². The Kier molecular flexibility index (Phi) is 3.56. The van der Waals surface area contributed by atoms with Crippen molar-refractivity contribution < 1.29 is 0 Å². The highest BCUT2D eigenvalue weighted by molar-refractivity contribution is 5.57. The van der Waals surface area contributed by atoms with Crippen LogP contribution in [0.4, 0.5) is 11.4 Å². The van der Waals surface area contributed by atoms with Crippen LogP contribution < -0.4 is 10.0 Å². The normalized spacial score (nSPS) is 10.2. The maximum Gasteiger partial charge on any atom is 0.0571 e. The van der Waals surface area contributed by atoms with Gasteiger partial charge in [0.05, 0.1) is 11.4 Å². The van der Waals surface area contributed by atoms with E-state index in [1.807, 2.05) is 0 Å². The molecule has 0 spiro atoms. The molecule has 0 fully saturated rings. The molecule has 2 heteroatoms. The average molecular weight is 240 g/mol. The van der Waals surface area contributed by atoms with Gasteiger partial charge in [-0.2, -0.15) is 0 Å². The van der Waals surface area contributed by atoms with E-state index in [-0.39, 0.29) is 0 Å². The second kappa shape index (κ2) is 5.13. The number of anilines is 2. The minimum Gasteiger partial charge on any atom is -0.289 e. The van der Waals surface area contributed by atoms with E-state index < -0.39 is 0 Å². The molecule has 2 aromatic carbocycles. The van der Waals surface area contributed by atoms with Gasteiger partial charge in [0.25, 0.3) is 0 Å². The Hall–Kier alpha value is -1.96. The Bertz CT molecular complexity index is 450. The molecule has 0 aliphatic heterocycles. The topological polar surface area (TPSA) is 6.48 Å². The minimum atomic E-state index is 1.18. The molecular weight excluding hydrogens is 220 g/mol. The molecule has 0 unspecified atom stereocenters. The van der Waals surface area contributed by atoms with E-state index in [4.69, 9.17) is 0 Å². The molecule has 0 bridgehead atoms. The van der Waals surface area contributed by atoms with Crippen LogP contribution in [0.1, 0.15) is 11.1 Å². The highest BCUT2D eigenvalue weighted by atomic mass is 15.6. The SMILES string of the molecule is Cc1ccc(N(C)N(C)c2ccc(C)cc2)cc1. The van der Waals surface area contributed by atoms with E-state index in [1.54, 1.807) is 0 Å². The smallest absolute Gasteiger partial charge is 0.0571 e. The molecule has 0 saturated carbocycles. The quantitative estimate of drug-likeness (QED) is 0.753. The van der Waals surface area contributed by atoms with E-state index in [2.05, 4.69) is 86.5 Å². The summed E-state index contributed by atoms with van der Waals surface area (Å²) in [7, 11) is 4.15. The van der Waals surface area contributed by atoms with Gasteiger partial charge in [-0.25, -0.2) is 0 Å². The number of benzene rings is 2. The van der Waals surface area contributed by atoms with Crippen LogP contribution in [0, 0.1) is 13.8 Å². The van der Waals surface area contributed by atoms with Crippen molar-refractivity contribution in [2.45, 2.75) is 13.8 Å². The molecule has 0 amide bonds. The molecule has 94 valence electrons. The second-order valence-electron chi connectivity index (χ2n) is 4.72. The molecule has 0 aromatic heterocycles. The summed E-state index contributed by atoms with van der Waals surface area (Å²) >= 11 is 0. The average Bonchev–Trinajstić information content (AvgIpc) is 2.39. The van der Waals surface area contributed by atoms with Crippen LogP contribution >= 0.6 is 0 Å². The molecule has 18 heavy (non-hydrogen) atoms. The first-order chi connectivity index (χ1) is 8.58. The summed E-state index contributed by atoms with van der Waals surface area (Å²) in [6.45, 7) is 4.21. The van der Waals surface area contributed by atoms with Crippen LogP contribution in [0.3, 0.4) is 0 Å². The van der Waals surface area contributed by atoms with Crippen molar-refractivity contribution in [3.63, 3.8) is 0 Å². The van der Waals surface area contributed by atoms with Crippen molar-refractivity contribution in [2.24, 2.45) is 0 Å². The van der Waals surface area contributed by atoms with Crippen LogP contribution in [0.2, 0.25) is 0 Å². The summed E-state index contributed by atoms with van der Waals surface area (Å²) < 4.78 is 0. The molecule has 0 aliphatic carbocycles. The van der Waals surface area contributed by atoms with Crippen LogP contribution in [-0.2, 0) is 0 Å². The van der Waals surface area contributed by atoms with Crippen LogP contribution in [0.5, 0.6) is 0 Å². The lowest BCUT2D eigenvalue weighted by Gasteiger charge is -2.32. The molecular formula is C16H20N2. The summed E-state index contributed by atoms with van der Waals surface area (Å²) in [6.07, 6.45) is 0. The zero-order chi connectivity index (χ0) is 13.1. The molecule has 0 aliphatic rings. The van der Waals surface area contributed by atoms with Crippen LogP contribution in [0.25, 0.3) is 0 Å². The lowest BCUT2D eigenvalue weighted by Crippen LogP contribution is -2.36. The zero-order valence-electron chi connectivity index (χ0n) is 11.5. The van der Waals surface area contributed by atoms with E-state index in [0.29, 0.717) is 0 Å². The molecule has 0 saturated heterocycles. The minimum absolute atomic E-state index is 1.18. The maximum atomic E-state index is 2.14. The highest BCUT2D eigenvalue weighted by Gasteiger charge is 2.07. The van der Waals surface area contributed by atoms with E-state index in [0.717, 1.165) is 0 Å². The number of hydrogen-bond donors (Lipinski definition) is 0. The van der Waals surface area contributed by atoms with Gasteiger partial charge >= 0.3 is 0 Å². The van der Waals surface area contributed by atoms with Crippen molar-refractivity contribution in [2.75, 3.05) is 24.1 Å². The second-order valence-corrected chi connectivity index (χ2v) is 4.72. The number of hydrazine groups is 1. The predicted molar refractivity (Wildman–Crippen MR) is 79.2 cm³/mol. The van der Waals surface area contributed by atoms with Gasteiger partial charge in [-0.15, -0.1) is 0 Å². The van der Waals surface area contributed by atoms with Gasteiger partial charge in [0.15, 0.2) is 0 Å². The third-order valence-electron chi connectivity index (χ3n) is 3.27. The summed E-state index contributed by atoms with van der Waals surface area (Å²) in [5.74, 6) is 0. The highest BCUT2D eigenvalue weighted by Crippen LogP contribution is 2.20. The van der Waals surface area contributed by atoms with Gasteiger partial charge in [0, 0.05) is 14.1 Å². The van der Waals surface area contributed by atoms with E-state index in [9.17, 15) is 0 Å². The summed E-state index contributed by atoms with van der Waals surface area (Å²) in [5.41, 5.74) is 4.93. The third kappa shape index (κ3) is 2.65. The molecule has 2 rings (SSSR count). The maximum absolute atomic E-state index is 2.14. The van der Waals surface area contributed by atoms with Crippen molar-refractivity contribution in [1.82, 2.24) is 0 Å². The monoisotopic (exact) mass is 240 g/mol. The van der Waals surface area contributed by atoms with Gasteiger partial charge in [-0.3, -0.25) is 10.0 Å². The molecule has 2 aromatic rings. The fourth-order valence-corrected chi connectivity index (χ4v) is 1.87. The fourth-order valence-electron chi connectivity index (χ4n) is 1.87. The third-order valence-corrected chi connectivity index (χ3v) is 3.27. The summed E-state index contributed by atoms with van der Waals surface area (Å²) in [6, 6.07) is 17.1. The Labute approximate surface area is 109 Å². The molecule has 0 atom stereocenters. The zero-order valence-corrected chi connectivity index (χ0v) is 11.5. The van der Waals surface area contributed by atoms with Crippen LogP contribution in [-0.4, -0.2) is 14.1 Å². The van der Waals surface area contributed by atoms with E-state index >= 15 is 0 Å². The number of aryl methyl sites for hydroxylation is 2. The first-order valence-corrected chi connectivity index (χ1v) is 6.18. The Morgan fingerprint density at radius 3 is 1.11 bits per heavy atom. The van der Waals surface area contributed by atoms with Gasteiger partial charge in [0.2, 0.25) is 0 Å². The number of hydrogen-bond acceptors (Lipinski definition) is 2. The Morgan fingerprint density at radius 1 is 0.556 bits per heavy atom. The first kappa shape index (κ1) is 12.5. The Balaban J connectivity index is 2.20. The molecule has 0 heterocycles. The molecule has 2 nitrogen and oxygen atoms in total. The fraction of sp³-hybridized carbons (Fsp3) is 0.250. The lowest BCUT2D eigenvalue weighted by molar-refractivity contribution is 0.890. The van der Waals surface area contributed by atoms with Crippen LogP contribution in [0.15, 0.2) is 48.5 Å². The lowest BCUT2D eigenvalue weighted by atomic mass is 10.2. The standard InChI is InChI=1S/C16H20N2/c1-13-5-9-15(10-6-13)17(3)18(4)16-11-7-14(2)8-12-16/h5-12H,1-4H3. The number of nitrogens with zero attached hydrogens (tertiary/aromatic N) is 2. The van der Waals surface area contributed by atoms with Crippen molar-refractivity contribution in [1.29, 1.82) is 0 Å². The Morgan fingerprint density at radius 2 is 0.833 bits per heavy atom. The summed E-state index contributed by atoms with van der Waals surface area (Å²) in [5, 5.41) is 4.29.